The summed E-state index contributed by atoms with van der Waals surface area (Å²) >= 11 is 0. The minimum atomic E-state index is 0.242. The minimum Gasteiger partial charge on any atom is -0.494 e. The largest absolute Gasteiger partial charge is 0.494 e. The molecule has 112 valence electrons. The number of allylic oxidation sites excluding steroid dienone is 1. The van der Waals surface area contributed by atoms with Crippen LogP contribution in [0.3, 0.4) is 0 Å². The predicted octanol–water partition coefficient (Wildman–Crippen LogP) is 4.15. The Labute approximate surface area is 126 Å². The van der Waals surface area contributed by atoms with Crippen LogP contribution in [0.15, 0.2) is 49.3 Å². The number of hydrogen-bond donors (Lipinski definition) is 0. The summed E-state index contributed by atoms with van der Waals surface area (Å²) in [4.78, 5) is 12.1. The van der Waals surface area contributed by atoms with E-state index < -0.39 is 0 Å². The maximum absolute atomic E-state index is 12.1. The SMILES string of the molecule is C=CC(=C)OCCCOc1ccc(C(=O)C2CCC2)cc1. The molecule has 2 rings (SSSR count). The maximum atomic E-state index is 12.1. The van der Waals surface area contributed by atoms with Crippen molar-refractivity contribution in [3.05, 3.63) is 54.8 Å². The van der Waals surface area contributed by atoms with E-state index >= 15 is 0 Å². The van der Waals surface area contributed by atoms with Crippen LogP contribution in [0.25, 0.3) is 0 Å². The van der Waals surface area contributed by atoms with Crippen LogP contribution in [-0.2, 0) is 4.74 Å². The molecule has 1 saturated carbocycles. The van der Waals surface area contributed by atoms with E-state index in [1.807, 2.05) is 24.3 Å². The molecular formula is C18H22O3. The fourth-order valence-corrected chi connectivity index (χ4v) is 2.13. The molecule has 0 bridgehead atoms. The van der Waals surface area contributed by atoms with Crippen molar-refractivity contribution in [1.29, 1.82) is 0 Å². The van der Waals surface area contributed by atoms with Gasteiger partial charge in [0.1, 0.15) is 11.5 Å². The lowest BCUT2D eigenvalue weighted by atomic mass is 9.80. The Morgan fingerprint density at radius 2 is 1.95 bits per heavy atom. The van der Waals surface area contributed by atoms with Crippen molar-refractivity contribution in [3.8, 4) is 5.75 Å². The quantitative estimate of drug-likeness (QED) is 0.296. The third-order valence-corrected chi connectivity index (χ3v) is 3.69. The summed E-state index contributed by atoms with van der Waals surface area (Å²) in [7, 11) is 0. The van der Waals surface area contributed by atoms with Crippen molar-refractivity contribution in [1.82, 2.24) is 0 Å². The van der Waals surface area contributed by atoms with E-state index in [1.165, 1.54) is 6.42 Å². The molecule has 21 heavy (non-hydrogen) atoms. The molecule has 0 saturated heterocycles. The zero-order valence-corrected chi connectivity index (χ0v) is 12.3. The number of carbonyl (C=O) groups excluding carboxylic acids is 1. The van der Waals surface area contributed by atoms with Crippen LogP contribution in [0.5, 0.6) is 5.75 Å². The van der Waals surface area contributed by atoms with E-state index in [0.29, 0.717) is 19.0 Å². The van der Waals surface area contributed by atoms with Gasteiger partial charge in [-0.25, -0.2) is 0 Å². The maximum Gasteiger partial charge on any atom is 0.165 e. The molecule has 0 amide bonds. The molecule has 3 nitrogen and oxygen atoms in total. The van der Waals surface area contributed by atoms with Crippen LogP contribution in [0, 0.1) is 5.92 Å². The third kappa shape index (κ3) is 4.48. The van der Waals surface area contributed by atoms with Crippen LogP contribution < -0.4 is 4.74 Å². The first kappa shape index (κ1) is 15.4. The van der Waals surface area contributed by atoms with Gasteiger partial charge in [-0.05, 0) is 43.2 Å². The Morgan fingerprint density at radius 1 is 1.24 bits per heavy atom. The molecule has 0 radical (unpaired) electrons. The van der Waals surface area contributed by atoms with Crippen molar-refractivity contribution < 1.29 is 14.3 Å². The van der Waals surface area contributed by atoms with E-state index in [9.17, 15) is 4.79 Å². The summed E-state index contributed by atoms with van der Waals surface area (Å²) in [6.07, 6.45) is 5.60. The van der Waals surface area contributed by atoms with Gasteiger partial charge in [0.15, 0.2) is 5.78 Å². The van der Waals surface area contributed by atoms with Crippen molar-refractivity contribution in [2.45, 2.75) is 25.7 Å². The molecule has 1 aromatic rings. The minimum absolute atomic E-state index is 0.242. The number of hydrogen-bond acceptors (Lipinski definition) is 3. The van der Waals surface area contributed by atoms with Gasteiger partial charge in [-0.1, -0.05) is 19.6 Å². The predicted molar refractivity (Wildman–Crippen MR) is 83.5 cm³/mol. The monoisotopic (exact) mass is 286 g/mol. The van der Waals surface area contributed by atoms with Gasteiger partial charge in [-0.2, -0.15) is 0 Å². The molecule has 0 spiro atoms. The fourth-order valence-electron chi connectivity index (χ4n) is 2.13. The topological polar surface area (TPSA) is 35.5 Å². The Hall–Kier alpha value is -2.03. The van der Waals surface area contributed by atoms with Gasteiger partial charge in [0.25, 0.3) is 0 Å². The standard InChI is InChI=1S/C18H22O3/c1-3-14(2)20-12-5-13-21-17-10-8-16(9-11-17)18(19)15-6-4-7-15/h3,8-11,15H,1-2,4-7,12-13H2. The Balaban J connectivity index is 1.71. The van der Waals surface area contributed by atoms with E-state index in [0.717, 1.165) is 30.6 Å². The van der Waals surface area contributed by atoms with Crippen molar-refractivity contribution in [2.75, 3.05) is 13.2 Å². The number of ketones is 1. The highest BCUT2D eigenvalue weighted by molar-refractivity contribution is 5.98. The van der Waals surface area contributed by atoms with Crippen LogP contribution in [-0.4, -0.2) is 19.0 Å². The molecule has 3 heteroatoms. The molecule has 1 aliphatic rings. The first-order valence-corrected chi connectivity index (χ1v) is 7.42. The smallest absolute Gasteiger partial charge is 0.165 e. The first-order chi connectivity index (χ1) is 10.2. The van der Waals surface area contributed by atoms with Crippen molar-refractivity contribution >= 4 is 5.78 Å². The van der Waals surface area contributed by atoms with Crippen molar-refractivity contribution in [2.24, 2.45) is 5.92 Å². The summed E-state index contributed by atoms with van der Waals surface area (Å²) in [6.45, 7) is 8.37. The summed E-state index contributed by atoms with van der Waals surface area (Å²) < 4.78 is 10.9. The number of Topliss-reactive ketones (excluding diaryl/α,β-unsaturated/α-hetero) is 1. The molecule has 0 aliphatic heterocycles. The first-order valence-electron chi connectivity index (χ1n) is 7.42. The normalized spacial score (nSPS) is 14.1. The van der Waals surface area contributed by atoms with Gasteiger partial charge in [0.2, 0.25) is 0 Å². The van der Waals surface area contributed by atoms with Crippen LogP contribution >= 0.6 is 0 Å². The number of rotatable bonds is 9. The lowest BCUT2D eigenvalue weighted by Crippen LogP contribution is -2.21. The average molecular weight is 286 g/mol. The van der Waals surface area contributed by atoms with E-state index in [4.69, 9.17) is 9.47 Å². The van der Waals surface area contributed by atoms with Gasteiger partial charge in [0, 0.05) is 17.9 Å². The Kier molecular flexibility index (Phi) is 5.61. The highest BCUT2D eigenvalue weighted by Gasteiger charge is 2.25. The summed E-state index contributed by atoms with van der Waals surface area (Å²) in [5, 5.41) is 0. The molecule has 1 aromatic carbocycles. The third-order valence-electron chi connectivity index (χ3n) is 3.69. The highest BCUT2D eigenvalue weighted by atomic mass is 16.5. The summed E-state index contributed by atoms with van der Waals surface area (Å²) in [5.41, 5.74) is 0.790. The van der Waals surface area contributed by atoms with E-state index in [1.54, 1.807) is 6.08 Å². The average Bonchev–Trinajstić information content (AvgIpc) is 2.45. The molecule has 0 heterocycles. The molecule has 0 aromatic heterocycles. The van der Waals surface area contributed by atoms with Crippen LogP contribution in [0.2, 0.25) is 0 Å². The second-order valence-electron chi connectivity index (χ2n) is 5.24. The molecule has 0 N–H and O–H groups in total. The number of ether oxygens (including phenoxy) is 2. The zero-order chi connectivity index (χ0) is 15.1. The lowest BCUT2D eigenvalue weighted by molar-refractivity contribution is 0.0855. The van der Waals surface area contributed by atoms with Crippen LogP contribution in [0.4, 0.5) is 0 Å². The number of benzene rings is 1. The second-order valence-corrected chi connectivity index (χ2v) is 5.24. The fraction of sp³-hybridized carbons (Fsp3) is 0.389. The van der Waals surface area contributed by atoms with Gasteiger partial charge in [-0.15, -0.1) is 0 Å². The van der Waals surface area contributed by atoms with Crippen molar-refractivity contribution in [3.63, 3.8) is 0 Å². The van der Waals surface area contributed by atoms with Gasteiger partial charge >= 0.3 is 0 Å². The summed E-state index contributed by atoms with van der Waals surface area (Å²) in [5.74, 6) is 1.87. The molecule has 1 aliphatic carbocycles. The Bertz CT molecular complexity index is 498. The van der Waals surface area contributed by atoms with Gasteiger partial charge in [-0.3, -0.25) is 4.79 Å². The van der Waals surface area contributed by atoms with E-state index in [2.05, 4.69) is 13.2 Å². The van der Waals surface area contributed by atoms with Gasteiger partial charge < -0.3 is 9.47 Å². The molecule has 0 atom stereocenters. The lowest BCUT2D eigenvalue weighted by Gasteiger charge is -2.23. The molecule has 0 unspecified atom stereocenters. The molecular weight excluding hydrogens is 264 g/mol. The molecule has 1 fully saturated rings. The Morgan fingerprint density at radius 3 is 2.52 bits per heavy atom. The highest BCUT2D eigenvalue weighted by Crippen LogP contribution is 2.30. The van der Waals surface area contributed by atoms with E-state index in [-0.39, 0.29) is 11.7 Å². The summed E-state index contributed by atoms with van der Waals surface area (Å²) in [6, 6.07) is 7.42. The van der Waals surface area contributed by atoms with Gasteiger partial charge in [0.05, 0.1) is 13.2 Å². The number of carbonyl (C=O) groups is 1. The van der Waals surface area contributed by atoms with Crippen LogP contribution in [0.1, 0.15) is 36.0 Å². The zero-order valence-electron chi connectivity index (χ0n) is 12.3. The second kappa shape index (κ2) is 7.67.